The van der Waals surface area contributed by atoms with Gasteiger partial charge in [0, 0.05) is 12.2 Å². The second-order valence-corrected chi connectivity index (χ2v) is 5.50. The second kappa shape index (κ2) is 10.00. The number of likely N-dealkylation sites (tertiary alicyclic amines) is 1. The van der Waals surface area contributed by atoms with Crippen LogP contribution in [0, 0.1) is 5.92 Å². The number of anilines is 1. The predicted octanol–water partition coefficient (Wildman–Crippen LogP) is 3.15. The van der Waals surface area contributed by atoms with Crippen LogP contribution in [0.2, 0.25) is 0 Å². The molecule has 1 aliphatic rings. The van der Waals surface area contributed by atoms with Crippen LogP contribution in [0.3, 0.4) is 0 Å². The summed E-state index contributed by atoms with van der Waals surface area (Å²) < 4.78 is 0. The molecule has 0 aliphatic carbocycles. The Balaban J connectivity index is 0.00000220. The van der Waals surface area contributed by atoms with Crippen LogP contribution in [0.25, 0.3) is 0 Å². The maximum Gasteiger partial charge on any atom is 0.193 e. The van der Waals surface area contributed by atoms with Gasteiger partial charge in [-0.3, -0.25) is 4.99 Å². The van der Waals surface area contributed by atoms with Crippen LogP contribution in [0.1, 0.15) is 26.2 Å². The van der Waals surface area contributed by atoms with Gasteiger partial charge in [0.2, 0.25) is 0 Å². The number of para-hydroxylation sites is 1. The summed E-state index contributed by atoms with van der Waals surface area (Å²) in [5.74, 6) is 1.20. The van der Waals surface area contributed by atoms with Gasteiger partial charge in [0.1, 0.15) is 0 Å². The molecule has 1 fully saturated rings. The van der Waals surface area contributed by atoms with Crippen molar-refractivity contribution < 1.29 is 0 Å². The van der Waals surface area contributed by atoms with Gasteiger partial charge in [-0.15, -0.1) is 24.0 Å². The molecule has 0 saturated carbocycles. The average molecular weight is 402 g/mol. The van der Waals surface area contributed by atoms with E-state index in [-0.39, 0.29) is 24.0 Å². The van der Waals surface area contributed by atoms with E-state index in [2.05, 4.69) is 22.1 Å². The summed E-state index contributed by atoms with van der Waals surface area (Å²) in [6.07, 6.45) is 3.72. The lowest BCUT2D eigenvalue weighted by Crippen LogP contribution is -2.35. The first-order chi connectivity index (χ1) is 9.78. The zero-order valence-electron chi connectivity index (χ0n) is 12.8. The highest BCUT2D eigenvalue weighted by molar-refractivity contribution is 14.0. The molecule has 118 valence electrons. The van der Waals surface area contributed by atoms with Crippen molar-refractivity contribution >= 4 is 35.6 Å². The molecular formula is C16H27IN4. The van der Waals surface area contributed by atoms with Crippen molar-refractivity contribution in [2.75, 3.05) is 31.5 Å². The first kappa shape index (κ1) is 18.2. The monoisotopic (exact) mass is 402 g/mol. The predicted molar refractivity (Wildman–Crippen MR) is 101 cm³/mol. The molecule has 3 N–H and O–H groups in total. The van der Waals surface area contributed by atoms with Crippen LogP contribution in [-0.4, -0.2) is 37.0 Å². The Hall–Kier alpha value is -0.820. The summed E-state index contributed by atoms with van der Waals surface area (Å²) >= 11 is 0. The molecule has 0 radical (unpaired) electrons. The molecule has 2 rings (SSSR count). The lowest BCUT2D eigenvalue weighted by Gasteiger charge is -2.30. The van der Waals surface area contributed by atoms with E-state index in [1.807, 2.05) is 30.3 Å². The fourth-order valence-electron chi connectivity index (χ4n) is 2.65. The lowest BCUT2D eigenvalue weighted by atomic mass is 9.97. The molecule has 0 atom stereocenters. The van der Waals surface area contributed by atoms with Crippen molar-refractivity contribution in [3.8, 4) is 0 Å². The van der Waals surface area contributed by atoms with Gasteiger partial charge in [-0.1, -0.05) is 25.1 Å². The standard InChI is InChI=1S/C16H26N4.HI/c1-2-10-20-11-8-14(9-12-20)13-18-16(17)19-15-6-4-3-5-7-15;/h3-7,14H,2,8-13H2,1H3,(H3,17,18,19);1H. The van der Waals surface area contributed by atoms with Crippen molar-refractivity contribution in [3.63, 3.8) is 0 Å². The number of rotatable bonds is 5. The molecule has 4 nitrogen and oxygen atoms in total. The van der Waals surface area contributed by atoms with E-state index in [9.17, 15) is 0 Å². The molecule has 21 heavy (non-hydrogen) atoms. The van der Waals surface area contributed by atoms with E-state index in [1.54, 1.807) is 0 Å². The summed E-state index contributed by atoms with van der Waals surface area (Å²) in [5, 5.41) is 3.13. The van der Waals surface area contributed by atoms with Gasteiger partial charge in [-0.25, -0.2) is 0 Å². The fraction of sp³-hybridized carbons (Fsp3) is 0.562. The fourth-order valence-corrected chi connectivity index (χ4v) is 2.65. The number of hydrogen-bond acceptors (Lipinski definition) is 2. The molecule has 1 heterocycles. The molecule has 0 unspecified atom stereocenters. The van der Waals surface area contributed by atoms with Crippen molar-refractivity contribution in [2.24, 2.45) is 16.6 Å². The largest absolute Gasteiger partial charge is 0.370 e. The zero-order chi connectivity index (χ0) is 14.2. The van der Waals surface area contributed by atoms with E-state index in [0.717, 1.165) is 12.2 Å². The third-order valence-corrected chi connectivity index (χ3v) is 3.81. The SMILES string of the molecule is CCCN1CCC(CN=C(N)Nc2ccccc2)CC1.I. The Labute approximate surface area is 145 Å². The van der Waals surface area contributed by atoms with Crippen LogP contribution in [0.4, 0.5) is 5.69 Å². The number of nitrogens with one attached hydrogen (secondary N) is 1. The molecule has 0 spiro atoms. The molecule has 0 bridgehead atoms. The number of benzene rings is 1. The number of guanidine groups is 1. The number of nitrogens with zero attached hydrogens (tertiary/aromatic N) is 2. The Morgan fingerprint density at radius 1 is 1.29 bits per heavy atom. The zero-order valence-corrected chi connectivity index (χ0v) is 15.1. The van der Waals surface area contributed by atoms with Crippen molar-refractivity contribution in [2.45, 2.75) is 26.2 Å². The number of hydrogen-bond donors (Lipinski definition) is 2. The van der Waals surface area contributed by atoms with Gasteiger partial charge in [0.05, 0.1) is 0 Å². The lowest BCUT2D eigenvalue weighted by molar-refractivity contribution is 0.188. The van der Waals surface area contributed by atoms with Crippen molar-refractivity contribution in [1.82, 2.24) is 4.90 Å². The smallest absolute Gasteiger partial charge is 0.193 e. The molecule has 5 heteroatoms. The van der Waals surface area contributed by atoms with Gasteiger partial charge in [0.25, 0.3) is 0 Å². The Bertz CT molecular complexity index is 414. The van der Waals surface area contributed by atoms with E-state index in [1.165, 1.54) is 38.9 Å². The Morgan fingerprint density at radius 2 is 1.95 bits per heavy atom. The van der Waals surface area contributed by atoms with Crippen LogP contribution in [0.5, 0.6) is 0 Å². The number of aliphatic imine (C=N–C) groups is 1. The molecular weight excluding hydrogens is 375 g/mol. The maximum atomic E-state index is 5.93. The van der Waals surface area contributed by atoms with Crippen LogP contribution in [0.15, 0.2) is 35.3 Å². The first-order valence-corrected chi connectivity index (χ1v) is 7.62. The first-order valence-electron chi connectivity index (χ1n) is 7.62. The van der Waals surface area contributed by atoms with E-state index < -0.39 is 0 Å². The van der Waals surface area contributed by atoms with E-state index in [4.69, 9.17) is 5.73 Å². The van der Waals surface area contributed by atoms with Gasteiger partial charge < -0.3 is 16.0 Å². The molecule has 1 aliphatic heterocycles. The van der Waals surface area contributed by atoms with Crippen LogP contribution < -0.4 is 11.1 Å². The van der Waals surface area contributed by atoms with Crippen LogP contribution in [-0.2, 0) is 0 Å². The highest BCUT2D eigenvalue weighted by atomic mass is 127. The topological polar surface area (TPSA) is 53.6 Å². The molecule has 1 aromatic rings. The normalized spacial score (nSPS) is 17.3. The number of nitrogens with two attached hydrogens (primary N) is 1. The average Bonchev–Trinajstić information content (AvgIpc) is 2.48. The van der Waals surface area contributed by atoms with Crippen LogP contribution >= 0.6 is 24.0 Å². The summed E-state index contributed by atoms with van der Waals surface area (Å²) in [6, 6.07) is 9.94. The number of halogens is 1. The number of piperidine rings is 1. The quantitative estimate of drug-likeness (QED) is 0.452. The highest BCUT2D eigenvalue weighted by Gasteiger charge is 2.17. The van der Waals surface area contributed by atoms with E-state index >= 15 is 0 Å². The second-order valence-electron chi connectivity index (χ2n) is 5.50. The highest BCUT2D eigenvalue weighted by Crippen LogP contribution is 2.17. The summed E-state index contributed by atoms with van der Waals surface area (Å²) in [7, 11) is 0. The molecule has 1 saturated heterocycles. The third-order valence-electron chi connectivity index (χ3n) is 3.81. The Kier molecular flexibility index (Phi) is 8.68. The van der Waals surface area contributed by atoms with Gasteiger partial charge in [-0.05, 0) is 56.9 Å². The van der Waals surface area contributed by atoms with E-state index in [0.29, 0.717) is 11.9 Å². The third kappa shape index (κ3) is 6.65. The minimum absolute atomic E-state index is 0. The summed E-state index contributed by atoms with van der Waals surface area (Å²) in [5.41, 5.74) is 6.92. The van der Waals surface area contributed by atoms with Gasteiger partial charge >= 0.3 is 0 Å². The molecule has 0 amide bonds. The minimum Gasteiger partial charge on any atom is -0.370 e. The summed E-state index contributed by atoms with van der Waals surface area (Å²) in [6.45, 7) is 6.73. The molecule has 0 aromatic heterocycles. The minimum atomic E-state index is 0. The maximum absolute atomic E-state index is 5.93. The Morgan fingerprint density at radius 3 is 2.57 bits per heavy atom. The molecule has 1 aromatic carbocycles. The van der Waals surface area contributed by atoms with Crippen molar-refractivity contribution in [1.29, 1.82) is 0 Å². The van der Waals surface area contributed by atoms with Gasteiger partial charge in [-0.2, -0.15) is 0 Å². The summed E-state index contributed by atoms with van der Waals surface area (Å²) in [4.78, 5) is 7.03. The van der Waals surface area contributed by atoms with Gasteiger partial charge in [0.15, 0.2) is 5.96 Å². The van der Waals surface area contributed by atoms with Crippen molar-refractivity contribution in [3.05, 3.63) is 30.3 Å².